The lowest BCUT2D eigenvalue weighted by molar-refractivity contribution is 0.0574. The molecule has 0 aliphatic heterocycles. The third-order valence-electron chi connectivity index (χ3n) is 3.22. The van der Waals surface area contributed by atoms with Gasteiger partial charge in [-0.2, -0.15) is 0 Å². The average Bonchev–Trinajstić information content (AvgIpc) is 2.34. The van der Waals surface area contributed by atoms with Crippen LogP contribution in [0.25, 0.3) is 0 Å². The van der Waals surface area contributed by atoms with Crippen LogP contribution in [0.1, 0.15) is 32.6 Å². The van der Waals surface area contributed by atoms with E-state index >= 15 is 0 Å². The first kappa shape index (κ1) is 14.0. The molecule has 0 atom stereocenters. The molecule has 0 saturated heterocycles. The molecule has 0 aromatic carbocycles. The number of guanidine groups is 1. The Morgan fingerprint density at radius 2 is 2.06 bits per heavy atom. The van der Waals surface area contributed by atoms with Gasteiger partial charge >= 0.3 is 0 Å². The van der Waals surface area contributed by atoms with Crippen LogP contribution in [0.3, 0.4) is 0 Å². The van der Waals surface area contributed by atoms with E-state index in [-0.39, 0.29) is 0 Å². The molecule has 98 valence electrons. The molecule has 1 fully saturated rings. The molecule has 0 aromatic heterocycles. The Labute approximate surface area is 104 Å². The number of aliphatic imine (C=N–C) groups is 1. The quantitative estimate of drug-likeness (QED) is 0.436. The number of hydrogen-bond acceptors (Lipinski definition) is 2. The molecular weight excluding hydrogens is 214 g/mol. The normalized spacial score (nSPS) is 25.6. The Hall–Kier alpha value is -1.03. The second-order valence-corrected chi connectivity index (χ2v) is 4.92. The smallest absolute Gasteiger partial charge is 0.188 e. The molecule has 4 heteroatoms. The Morgan fingerprint density at radius 3 is 2.59 bits per heavy atom. The van der Waals surface area contributed by atoms with Crippen LogP contribution in [0, 0.1) is 5.92 Å². The average molecular weight is 239 g/mol. The second-order valence-electron chi connectivity index (χ2n) is 4.92. The highest BCUT2D eigenvalue weighted by Gasteiger charge is 2.20. The largest absolute Gasteiger partial charge is 0.381 e. The minimum absolute atomic E-state index is 0.459. The van der Waals surface area contributed by atoms with Crippen LogP contribution in [0.5, 0.6) is 0 Å². The first-order valence-corrected chi connectivity index (χ1v) is 6.32. The molecule has 1 aliphatic carbocycles. The van der Waals surface area contributed by atoms with Crippen molar-refractivity contribution in [1.82, 2.24) is 5.32 Å². The van der Waals surface area contributed by atoms with E-state index in [2.05, 4.69) is 16.9 Å². The molecule has 0 unspecified atom stereocenters. The lowest BCUT2D eigenvalue weighted by Gasteiger charge is -2.27. The summed E-state index contributed by atoms with van der Waals surface area (Å²) in [5.74, 6) is 1.22. The van der Waals surface area contributed by atoms with Crippen molar-refractivity contribution in [1.29, 1.82) is 0 Å². The number of hydrogen-bond donors (Lipinski definition) is 2. The summed E-state index contributed by atoms with van der Waals surface area (Å²) < 4.78 is 5.35. The van der Waals surface area contributed by atoms with Crippen molar-refractivity contribution in [3.8, 4) is 0 Å². The Kier molecular flexibility index (Phi) is 6.05. The predicted molar refractivity (Wildman–Crippen MR) is 72.1 cm³/mol. The molecule has 0 amide bonds. The highest BCUT2D eigenvalue weighted by atomic mass is 16.5. The maximum Gasteiger partial charge on any atom is 0.188 e. The molecule has 0 radical (unpaired) electrons. The fraction of sp³-hybridized carbons (Fsp3) is 0.769. The standard InChI is InChI=1S/C13H25N3O/c1-10(2)8-15-13(14)16-9-11-4-6-12(17-3)7-5-11/h11-12H,1,4-9H2,2-3H3,(H3,14,15,16). The highest BCUT2D eigenvalue weighted by molar-refractivity contribution is 5.77. The van der Waals surface area contributed by atoms with Gasteiger partial charge in [-0.25, -0.2) is 4.99 Å². The van der Waals surface area contributed by atoms with Crippen LogP contribution in [0.15, 0.2) is 17.1 Å². The van der Waals surface area contributed by atoms with Crippen molar-refractivity contribution >= 4 is 5.96 Å². The minimum atomic E-state index is 0.459. The maximum atomic E-state index is 5.77. The van der Waals surface area contributed by atoms with E-state index < -0.39 is 0 Å². The summed E-state index contributed by atoms with van der Waals surface area (Å²) in [6.07, 6.45) is 5.19. The fourth-order valence-electron chi connectivity index (χ4n) is 2.10. The summed E-state index contributed by atoms with van der Waals surface area (Å²) in [7, 11) is 1.80. The minimum Gasteiger partial charge on any atom is -0.381 e. The van der Waals surface area contributed by atoms with E-state index in [4.69, 9.17) is 10.5 Å². The zero-order chi connectivity index (χ0) is 12.7. The fourth-order valence-corrected chi connectivity index (χ4v) is 2.10. The van der Waals surface area contributed by atoms with Crippen molar-refractivity contribution in [2.45, 2.75) is 38.7 Å². The van der Waals surface area contributed by atoms with Gasteiger partial charge in [0.2, 0.25) is 0 Å². The molecule has 1 rings (SSSR count). The predicted octanol–water partition coefficient (Wildman–Crippen LogP) is 1.67. The van der Waals surface area contributed by atoms with E-state index in [0.717, 1.165) is 25.0 Å². The highest BCUT2D eigenvalue weighted by Crippen LogP contribution is 2.25. The van der Waals surface area contributed by atoms with E-state index in [1.54, 1.807) is 7.11 Å². The van der Waals surface area contributed by atoms with E-state index in [1.807, 2.05) is 6.92 Å². The number of ether oxygens (including phenoxy) is 1. The number of nitrogens with zero attached hydrogens (tertiary/aromatic N) is 1. The van der Waals surface area contributed by atoms with Crippen molar-refractivity contribution in [2.75, 3.05) is 20.2 Å². The Balaban J connectivity index is 2.18. The zero-order valence-electron chi connectivity index (χ0n) is 11.0. The molecule has 1 aliphatic rings. The van der Waals surface area contributed by atoms with E-state index in [0.29, 0.717) is 24.5 Å². The molecule has 0 aromatic rings. The van der Waals surface area contributed by atoms with Gasteiger partial charge in [-0.1, -0.05) is 12.2 Å². The van der Waals surface area contributed by atoms with Crippen LogP contribution in [-0.2, 0) is 4.74 Å². The van der Waals surface area contributed by atoms with E-state index in [1.165, 1.54) is 12.8 Å². The van der Waals surface area contributed by atoms with Crippen molar-refractivity contribution in [2.24, 2.45) is 16.6 Å². The zero-order valence-corrected chi connectivity index (χ0v) is 11.0. The summed E-state index contributed by atoms with van der Waals surface area (Å²) in [6, 6.07) is 0. The molecule has 3 N–H and O–H groups in total. The van der Waals surface area contributed by atoms with Crippen molar-refractivity contribution in [3.63, 3.8) is 0 Å². The molecule has 0 bridgehead atoms. The summed E-state index contributed by atoms with van der Waals surface area (Å²) >= 11 is 0. The van der Waals surface area contributed by atoms with E-state index in [9.17, 15) is 0 Å². The summed E-state index contributed by atoms with van der Waals surface area (Å²) in [6.45, 7) is 7.26. The molecule has 17 heavy (non-hydrogen) atoms. The number of nitrogens with one attached hydrogen (secondary N) is 1. The molecular formula is C13H25N3O. The van der Waals surface area contributed by atoms with Gasteiger partial charge in [0, 0.05) is 13.7 Å². The summed E-state index contributed by atoms with van der Waals surface area (Å²) in [4.78, 5) is 4.20. The molecule has 4 nitrogen and oxygen atoms in total. The van der Waals surface area contributed by atoms with Gasteiger partial charge in [0.1, 0.15) is 0 Å². The SMILES string of the molecule is C=C(C)CN=C(N)NCC1CCC(OC)CC1. The third kappa shape index (κ3) is 5.73. The van der Waals surface area contributed by atoms with Gasteiger partial charge in [0.25, 0.3) is 0 Å². The summed E-state index contributed by atoms with van der Waals surface area (Å²) in [5.41, 5.74) is 6.79. The lowest BCUT2D eigenvalue weighted by Crippen LogP contribution is -2.37. The number of nitrogens with two attached hydrogens (primary N) is 1. The second kappa shape index (κ2) is 7.33. The third-order valence-corrected chi connectivity index (χ3v) is 3.22. The van der Waals surface area contributed by atoms with Crippen LogP contribution in [0.2, 0.25) is 0 Å². The van der Waals surface area contributed by atoms with Gasteiger partial charge in [-0.05, 0) is 38.5 Å². The van der Waals surface area contributed by atoms with Gasteiger partial charge in [0.05, 0.1) is 12.6 Å². The monoisotopic (exact) mass is 239 g/mol. The maximum absolute atomic E-state index is 5.77. The van der Waals surface area contributed by atoms with Crippen molar-refractivity contribution < 1.29 is 4.74 Å². The van der Waals surface area contributed by atoms with Crippen LogP contribution >= 0.6 is 0 Å². The first-order valence-electron chi connectivity index (χ1n) is 6.32. The van der Waals surface area contributed by atoms with Gasteiger partial charge in [0.15, 0.2) is 5.96 Å². The Morgan fingerprint density at radius 1 is 1.41 bits per heavy atom. The molecule has 0 heterocycles. The van der Waals surface area contributed by atoms with Gasteiger partial charge in [-0.15, -0.1) is 0 Å². The number of rotatable bonds is 5. The molecule has 1 saturated carbocycles. The first-order chi connectivity index (χ1) is 8.11. The Bertz CT molecular complexity index is 268. The topological polar surface area (TPSA) is 59.6 Å². The van der Waals surface area contributed by atoms with Crippen molar-refractivity contribution in [3.05, 3.63) is 12.2 Å². The van der Waals surface area contributed by atoms with Crippen LogP contribution < -0.4 is 11.1 Å². The lowest BCUT2D eigenvalue weighted by atomic mass is 9.87. The van der Waals surface area contributed by atoms with Gasteiger partial charge in [-0.3, -0.25) is 0 Å². The summed E-state index contributed by atoms with van der Waals surface area (Å²) in [5, 5.41) is 3.19. The van der Waals surface area contributed by atoms with Crippen LogP contribution in [0.4, 0.5) is 0 Å². The van der Waals surface area contributed by atoms with Gasteiger partial charge < -0.3 is 15.8 Å². The molecule has 0 spiro atoms. The van der Waals surface area contributed by atoms with Crippen LogP contribution in [-0.4, -0.2) is 32.3 Å². The number of methoxy groups -OCH3 is 1.